The molecule has 2 N–H and O–H groups in total. The van der Waals surface area contributed by atoms with E-state index >= 15 is 0 Å². The number of ether oxygens (including phenoxy) is 1. The van der Waals surface area contributed by atoms with E-state index in [-0.39, 0.29) is 33.5 Å². The number of aromatic carboxylic acids is 1. The van der Waals surface area contributed by atoms with Gasteiger partial charge in [-0.25, -0.2) is 4.79 Å². The van der Waals surface area contributed by atoms with Crippen LogP contribution in [-0.4, -0.2) is 17.0 Å². The summed E-state index contributed by atoms with van der Waals surface area (Å²) >= 11 is 18.5. The van der Waals surface area contributed by atoms with Gasteiger partial charge >= 0.3 is 5.97 Å². The fourth-order valence-electron chi connectivity index (χ4n) is 2.75. The van der Waals surface area contributed by atoms with Crippen molar-refractivity contribution in [1.82, 2.24) is 0 Å². The van der Waals surface area contributed by atoms with Crippen LogP contribution in [0.1, 0.15) is 21.5 Å². The van der Waals surface area contributed by atoms with Crippen LogP contribution in [0, 0.1) is 11.3 Å². The van der Waals surface area contributed by atoms with Gasteiger partial charge in [-0.3, -0.25) is 4.79 Å². The molecule has 0 aliphatic rings. The van der Waals surface area contributed by atoms with Crippen LogP contribution in [0.25, 0.3) is 6.08 Å². The Balaban J connectivity index is 1.74. The largest absolute Gasteiger partial charge is 0.486 e. The van der Waals surface area contributed by atoms with Crippen LogP contribution in [0.15, 0.2) is 66.2 Å². The van der Waals surface area contributed by atoms with Crippen LogP contribution in [0.3, 0.4) is 0 Å². The Hall–Kier alpha value is -3.50. The van der Waals surface area contributed by atoms with Gasteiger partial charge in [-0.1, -0.05) is 46.9 Å². The first kappa shape index (κ1) is 24.1. The Kier molecular flexibility index (Phi) is 7.96. The average molecular weight is 502 g/mol. The number of halogens is 3. The number of carbonyl (C=O) groups is 2. The van der Waals surface area contributed by atoms with Crippen molar-refractivity contribution < 1.29 is 19.4 Å². The fourth-order valence-corrected chi connectivity index (χ4v) is 3.49. The molecule has 9 heteroatoms. The Labute approximate surface area is 204 Å². The summed E-state index contributed by atoms with van der Waals surface area (Å²) < 4.78 is 5.72. The normalized spacial score (nSPS) is 10.9. The standard InChI is InChI=1S/C24H15Cl3N2O4/c25-18-5-1-14(2-6-18)13-33-22-20(26)10-15(11-21(22)27)9-17(12-28)23(30)29-19-7-3-16(4-8-19)24(31)32/h1-11H,13H2,(H,29,30)(H,31,32)/b17-9+. The highest BCUT2D eigenvalue weighted by atomic mass is 35.5. The third-order valence-electron chi connectivity index (χ3n) is 4.38. The number of nitrogens with one attached hydrogen (secondary N) is 1. The van der Waals surface area contributed by atoms with Crippen molar-refractivity contribution >= 4 is 58.4 Å². The van der Waals surface area contributed by atoms with Gasteiger partial charge < -0.3 is 15.2 Å². The Morgan fingerprint density at radius 2 is 1.61 bits per heavy atom. The van der Waals surface area contributed by atoms with E-state index in [0.717, 1.165) is 5.56 Å². The lowest BCUT2D eigenvalue weighted by molar-refractivity contribution is -0.112. The number of carbonyl (C=O) groups excluding carboxylic acids is 1. The zero-order valence-electron chi connectivity index (χ0n) is 16.8. The molecule has 0 heterocycles. The quantitative estimate of drug-likeness (QED) is 0.285. The number of hydrogen-bond acceptors (Lipinski definition) is 4. The summed E-state index contributed by atoms with van der Waals surface area (Å²) in [6.45, 7) is 0.221. The molecule has 3 aromatic rings. The molecule has 0 spiro atoms. The maximum Gasteiger partial charge on any atom is 0.335 e. The van der Waals surface area contributed by atoms with E-state index in [0.29, 0.717) is 16.3 Å². The highest BCUT2D eigenvalue weighted by Gasteiger charge is 2.14. The van der Waals surface area contributed by atoms with Gasteiger partial charge in [-0.05, 0) is 65.7 Å². The maximum atomic E-state index is 12.5. The van der Waals surface area contributed by atoms with Crippen LogP contribution >= 0.6 is 34.8 Å². The molecule has 0 unspecified atom stereocenters. The van der Waals surface area contributed by atoms with Crippen molar-refractivity contribution in [2.75, 3.05) is 5.32 Å². The van der Waals surface area contributed by atoms with E-state index in [1.165, 1.54) is 42.5 Å². The Morgan fingerprint density at radius 3 is 2.15 bits per heavy atom. The molecule has 0 fully saturated rings. The van der Waals surface area contributed by atoms with Crippen molar-refractivity contribution in [3.8, 4) is 11.8 Å². The fraction of sp³-hybridized carbons (Fsp3) is 0.0417. The molecule has 0 radical (unpaired) electrons. The zero-order valence-corrected chi connectivity index (χ0v) is 19.1. The highest BCUT2D eigenvalue weighted by Crippen LogP contribution is 2.35. The first-order valence-electron chi connectivity index (χ1n) is 9.39. The number of amides is 1. The molecule has 3 aromatic carbocycles. The van der Waals surface area contributed by atoms with Crippen molar-refractivity contribution in [1.29, 1.82) is 5.26 Å². The number of rotatable bonds is 7. The molecule has 0 saturated carbocycles. The van der Waals surface area contributed by atoms with Gasteiger partial charge in [0.2, 0.25) is 0 Å². The lowest BCUT2D eigenvalue weighted by Gasteiger charge is -2.11. The minimum atomic E-state index is -1.08. The number of nitriles is 1. The van der Waals surface area contributed by atoms with Gasteiger partial charge in [0.1, 0.15) is 18.2 Å². The van der Waals surface area contributed by atoms with E-state index in [1.807, 2.05) is 18.2 Å². The first-order valence-corrected chi connectivity index (χ1v) is 10.5. The van der Waals surface area contributed by atoms with E-state index in [4.69, 9.17) is 44.6 Å². The second-order valence-corrected chi connectivity index (χ2v) is 7.99. The second kappa shape index (κ2) is 10.9. The lowest BCUT2D eigenvalue weighted by Crippen LogP contribution is -2.13. The third-order valence-corrected chi connectivity index (χ3v) is 5.20. The van der Waals surface area contributed by atoms with Crippen LogP contribution in [0.5, 0.6) is 5.75 Å². The molecule has 0 aliphatic carbocycles. The van der Waals surface area contributed by atoms with E-state index in [2.05, 4.69) is 5.32 Å². The Bertz CT molecular complexity index is 1240. The number of carboxylic acid groups (broad SMARTS) is 1. The summed E-state index contributed by atoms with van der Waals surface area (Å²) in [5, 5.41) is 21.9. The number of hydrogen-bond donors (Lipinski definition) is 2. The summed E-state index contributed by atoms with van der Waals surface area (Å²) in [6.07, 6.45) is 1.34. The minimum Gasteiger partial charge on any atom is -0.486 e. The summed E-state index contributed by atoms with van der Waals surface area (Å²) in [5.74, 6) is -1.48. The first-order chi connectivity index (χ1) is 15.8. The molecule has 0 aliphatic heterocycles. The maximum absolute atomic E-state index is 12.5. The van der Waals surface area contributed by atoms with Crippen LogP contribution in [-0.2, 0) is 11.4 Å². The summed E-state index contributed by atoms with van der Waals surface area (Å²) in [5.41, 5.74) is 1.52. The van der Waals surface area contributed by atoms with Crippen molar-refractivity contribution in [3.05, 3.63) is 98.0 Å². The van der Waals surface area contributed by atoms with E-state index < -0.39 is 11.9 Å². The van der Waals surface area contributed by atoms with Gasteiger partial charge in [0.25, 0.3) is 5.91 Å². The molecule has 33 heavy (non-hydrogen) atoms. The van der Waals surface area contributed by atoms with Gasteiger partial charge in [-0.2, -0.15) is 5.26 Å². The van der Waals surface area contributed by atoms with E-state index in [1.54, 1.807) is 12.1 Å². The molecule has 1 amide bonds. The van der Waals surface area contributed by atoms with Crippen molar-refractivity contribution in [3.63, 3.8) is 0 Å². The zero-order chi connectivity index (χ0) is 24.0. The predicted octanol–water partition coefficient (Wildman–Crippen LogP) is 6.47. The predicted molar refractivity (Wildman–Crippen MR) is 128 cm³/mol. The van der Waals surface area contributed by atoms with Crippen molar-refractivity contribution in [2.24, 2.45) is 0 Å². The number of nitrogens with zero attached hydrogens (tertiary/aromatic N) is 1. The summed E-state index contributed by atoms with van der Waals surface area (Å²) in [7, 11) is 0. The second-order valence-electron chi connectivity index (χ2n) is 6.74. The van der Waals surface area contributed by atoms with Crippen molar-refractivity contribution in [2.45, 2.75) is 6.61 Å². The number of carboxylic acids is 1. The molecular formula is C24H15Cl3N2O4. The molecule has 3 rings (SSSR count). The van der Waals surface area contributed by atoms with Gasteiger partial charge in [0.05, 0.1) is 15.6 Å². The Morgan fingerprint density at radius 1 is 1.00 bits per heavy atom. The number of benzene rings is 3. The number of anilines is 1. The molecule has 6 nitrogen and oxygen atoms in total. The average Bonchev–Trinajstić information content (AvgIpc) is 2.78. The van der Waals surface area contributed by atoms with Crippen LogP contribution in [0.4, 0.5) is 5.69 Å². The minimum absolute atomic E-state index is 0.0757. The van der Waals surface area contributed by atoms with Gasteiger partial charge in [0.15, 0.2) is 5.75 Å². The molecule has 0 aromatic heterocycles. The monoisotopic (exact) mass is 500 g/mol. The summed E-state index contributed by atoms with van der Waals surface area (Å²) in [4.78, 5) is 23.4. The van der Waals surface area contributed by atoms with Crippen LogP contribution < -0.4 is 10.1 Å². The SMILES string of the molecule is N#C/C(=C\c1cc(Cl)c(OCc2ccc(Cl)cc2)c(Cl)c1)C(=O)Nc1ccc(C(=O)O)cc1. The van der Waals surface area contributed by atoms with E-state index in [9.17, 15) is 14.9 Å². The van der Waals surface area contributed by atoms with Gasteiger partial charge in [-0.15, -0.1) is 0 Å². The molecule has 0 saturated heterocycles. The summed E-state index contributed by atoms with van der Waals surface area (Å²) in [6, 6.07) is 17.5. The van der Waals surface area contributed by atoms with Crippen LogP contribution in [0.2, 0.25) is 15.1 Å². The highest BCUT2D eigenvalue weighted by molar-refractivity contribution is 6.37. The van der Waals surface area contributed by atoms with Gasteiger partial charge in [0, 0.05) is 10.7 Å². The lowest BCUT2D eigenvalue weighted by atomic mass is 10.1. The molecule has 166 valence electrons. The molecular weight excluding hydrogens is 487 g/mol. The topological polar surface area (TPSA) is 99.4 Å². The smallest absolute Gasteiger partial charge is 0.335 e. The molecule has 0 bridgehead atoms. The third kappa shape index (κ3) is 6.50. The molecule has 0 atom stereocenters.